The number of methoxy groups -OCH3 is 2. The van der Waals surface area contributed by atoms with E-state index in [0.717, 1.165) is 4.57 Å². The summed E-state index contributed by atoms with van der Waals surface area (Å²) in [6, 6.07) is 3.03. The Kier molecular flexibility index (Phi) is 6.98. The predicted octanol–water partition coefficient (Wildman–Crippen LogP) is 0.899. The number of hydrogen-bond acceptors (Lipinski definition) is 7. The number of benzene rings is 1. The number of esters is 1. The van der Waals surface area contributed by atoms with Gasteiger partial charge in [-0.1, -0.05) is 0 Å². The highest BCUT2D eigenvalue weighted by atomic mass is 16.5. The molecule has 0 bridgehead atoms. The first-order valence-corrected chi connectivity index (χ1v) is 10.2. The van der Waals surface area contributed by atoms with Gasteiger partial charge in [0.05, 0.1) is 37.6 Å². The second kappa shape index (κ2) is 9.67. The fourth-order valence-electron chi connectivity index (χ4n) is 3.77. The van der Waals surface area contributed by atoms with Crippen LogP contribution in [-0.4, -0.2) is 60.2 Å². The van der Waals surface area contributed by atoms with Crippen LogP contribution in [0.3, 0.4) is 0 Å². The molecule has 1 aromatic carbocycles. The third-order valence-corrected chi connectivity index (χ3v) is 5.50. The maximum Gasteiger partial charge on any atom is 0.328 e. The Morgan fingerprint density at radius 1 is 1.10 bits per heavy atom. The molecular formula is C21H27N3O7. The van der Waals surface area contributed by atoms with Gasteiger partial charge in [0.1, 0.15) is 0 Å². The van der Waals surface area contributed by atoms with Crippen LogP contribution in [0.5, 0.6) is 11.5 Å². The molecule has 10 heteroatoms. The van der Waals surface area contributed by atoms with Gasteiger partial charge in [0.2, 0.25) is 5.91 Å². The first kappa shape index (κ1) is 22.4. The number of aromatic amines is 1. The van der Waals surface area contributed by atoms with Crippen molar-refractivity contribution in [1.82, 2.24) is 14.5 Å². The van der Waals surface area contributed by atoms with Crippen molar-refractivity contribution in [2.24, 2.45) is 5.92 Å². The number of hydrogen-bond donors (Lipinski definition) is 1. The van der Waals surface area contributed by atoms with Crippen molar-refractivity contribution < 1.29 is 23.8 Å². The van der Waals surface area contributed by atoms with E-state index >= 15 is 0 Å². The summed E-state index contributed by atoms with van der Waals surface area (Å²) in [6.45, 7) is 2.95. The molecule has 0 aliphatic carbocycles. The van der Waals surface area contributed by atoms with Gasteiger partial charge < -0.3 is 24.1 Å². The summed E-state index contributed by atoms with van der Waals surface area (Å²) in [5.41, 5.74) is -0.775. The molecule has 0 spiro atoms. The molecule has 1 amide bonds. The SMILES string of the molecule is CCOC(=O)C1CCN(C(=O)CCn2c(=O)[nH]c3cc(OC)c(OC)cc3c2=O)CC1. The lowest BCUT2D eigenvalue weighted by Gasteiger charge is -2.31. The quantitative estimate of drug-likeness (QED) is 0.644. The smallest absolute Gasteiger partial charge is 0.328 e. The van der Waals surface area contributed by atoms with E-state index in [1.807, 2.05) is 0 Å². The number of aromatic nitrogens is 2. The number of nitrogens with one attached hydrogen (secondary N) is 1. The molecule has 0 saturated carbocycles. The van der Waals surface area contributed by atoms with Crippen LogP contribution in [-0.2, 0) is 20.9 Å². The number of H-pyrrole nitrogens is 1. The van der Waals surface area contributed by atoms with Crippen LogP contribution >= 0.6 is 0 Å². The Balaban J connectivity index is 1.71. The van der Waals surface area contributed by atoms with Gasteiger partial charge in [-0.05, 0) is 25.8 Å². The molecule has 1 saturated heterocycles. The number of ether oxygens (including phenoxy) is 3. The monoisotopic (exact) mass is 433 g/mol. The number of piperidine rings is 1. The van der Waals surface area contributed by atoms with Gasteiger partial charge in [-0.25, -0.2) is 4.79 Å². The van der Waals surface area contributed by atoms with Crippen LogP contribution in [0, 0.1) is 5.92 Å². The normalized spacial score (nSPS) is 14.5. The Bertz CT molecular complexity index is 1080. The number of likely N-dealkylation sites (tertiary alicyclic amines) is 1. The van der Waals surface area contributed by atoms with Gasteiger partial charge in [-0.15, -0.1) is 0 Å². The van der Waals surface area contributed by atoms with E-state index < -0.39 is 11.2 Å². The van der Waals surface area contributed by atoms with Gasteiger partial charge in [-0.3, -0.25) is 19.0 Å². The van der Waals surface area contributed by atoms with E-state index in [-0.39, 0.29) is 36.1 Å². The summed E-state index contributed by atoms with van der Waals surface area (Å²) in [4.78, 5) is 54.0. The lowest BCUT2D eigenvalue weighted by atomic mass is 9.97. The van der Waals surface area contributed by atoms with Crippen molar-refractivity contribution in [1.29, 1.82) is 0 Å². The Labute approximate surface area is 178 Å². The van der Waals surface area contributed by atoms with Gasteiger partial charge in [-0.2, -0.15) is 0 Å². The average Bonchev–Trinajstić information content (AvgIpc) is 2.78. The maximum atomic E-state index is 12.9. The van der Waals surface area contributed by atoms with Gasteiger partial charge in [0, 0.05) is 32.1 Å². The molecule has 168 valence electrons. The predicted molar refractivity (Wildman–Crippen MR) is 112 cm³/mol. The zero-order chi connectivity index (χ0) is 22.5. The molecule has 10 nitrogen and oxygen atoms in total. The molecule has 1 N–H and O–H groups in total. The second-order valence-electron chi connectivity index (χ2n) is 7.30. The molecule has 31 heavy (non-hydrogen) atoms. The van der Waals surface area contributed by atoms with Crippen molar-refractivity contribution in [2.75, 3.05) is 33.9 Å². The molecule has 1 aliphatic rings. The maximum absolute atomic E-state index is 12.9. The van der Waals surface area contributed by atoms with Crippen molar-refractivity contribution in [2.45, 2.75) is 32.7 Å². The minimum Gasteiger partial charge on any atom is -0.493 e. The van der Waals surface area contributed by atoms with Gasteiger partial charge >= 0.3 is 11.7 Å². The number of nitrogens with zero attached hydrogens (tertiary/aromatic N) is 2. The molecule has 2 aromatic rings. The molecule has 0 unspecified atom stereocenters. The van der Waals surface area contributed by atoms with Crippen molar-refractivity contribution in [3.63, 3.8) is 0 Å². The standard InChI is InChI=1S/C21H27N3O7/c1-4-31-20(27)13-5-8-23(9-6-13)18(25)7-10-24-19(26)14-11-16(29-2)17(30-3)12-15(14)22-21(24)28/h11-13H,4-10H2,1-3H3,(H,22,28). The minimum atomic E-state index is -0.599. The molecule has 0 atom stereocenters. The summed E-state index contributed by atoms with van der Waals surface area (Å²) in [6.07, 6.45) is 1.09. The molecule has 1 aliphatic heterocycles. The molecule has 2 heterocycles. The summed E-state index contributed by atoms with van der Waals surface area (Å²) in [5, 5.41) is 0.264. The van der Waals surface area contributed by atoms with Crippen LogP contribution in [0.1, 0.15) is 26.2 Å². The second-order valence-corrected chi connectivity index (χ2v) is 7.30. The van der Waals surface area contributed by atoms with Crippen molar-refractivity contribution in [3.8, 4) is 11.5 Å². The van der Waals surface area contributed by atoms with E-state index in [1.54, 1.807) is 11.8 Å². The number of carbonyl (C=O) groups is 2. The topological polar surface area (TPSA) is 120 Å². The summed E-state index contributed by atoms with van der Waals surface area (Å²) >= 11 is 0. The van der Waals surface area contributed by atoms with E-state index in [0.29, 0.717) is 49.6 Å². The van der Waals surface area contributed by atoms with E-state index in [2.05, 4.69) is 4.98 Å². The van der Waals surface area contributed by atoms with E-state index in [9.17, 15) is 19.2 Å². The Morgan fingerprint density at radius 3 is 2.35 bits per heavy atom. The zero-order valence-corrected chi connectivity index (χ0v) is 17.9. The highest BCUT2D eigenvalue weighted by Crippen LogP contribution is 2.29. The van der Waals surface area contributed by atoms with Crippen LogP contribution in [0.4, 0.5) is 0 Å². The summed E-state index contributed by atoms with van der Waals surface area (Å²) < 4.78 is 16.5. The Hall–Kier alpha value is -3.30. The average molecular weight is 433 g/mol. The molecular weight excluding hydrogens is 406 g/mol. The fraction of sp³-hybridized carbons (Fsp3) is 0.524. The highest BCUT2D eigenvalue weighted by molar-refractivity contribution is 5.82. The van der Waals surface area contributed by atoms with Crippen LogP contribution < -0.4 is 20.7 Å². The third kappa shape index (κ3) is 4.73. The molecule has 1 fully saturated rings. The largest absolute Gasteiger partial charge is 0.493 e. The van der Waals surface area contributed by atoms with Crippen molar-refractivity contribution in [3.05, 3.63) is 33.0 Å². The Morgan fingerprint density at radius 2 is 1.74 bits per heavy atom. The van der Waals surface area contributed by atoms with Crippen LogP contribution in [0.25, 0.3) is 10.9 Å². The molecule has 3 rings (SSSR count). The fourth-order valence-corrected chi connectivity index (χ4v) is 3.77. The summed E-state index contributed by atoms with van der Waals surface area (Å²) in [5.74, 6) is 0.175. The zero-order valence-electron chi connectivity index (χ0n) is 17.9. The number of carbonyl (C=O) groups excluding carboxylic acids is 2. The van der Waals surface area contributed by atoms with E-state index in [4.69, 9.17) is 14.2 Å². The third-order valence-electron chi connectivity index (χ3n) is 5.50. The van der Waals surface area contributed by atoms with Crippen molar-refractivity contribution >= 4 is 22.8 Å². The highest BCUT2D eigenvalue weighted by Gasteiger charge is 2.28. The van der Waals surface area contributed by atoms with Crippen LogP contribution in [0.2, 0.25) is 0 Å². The van der Waals surface area contributed by atoms with Gasteiger partial charge in [0.15, 0.2) is 11.5 Å². The first-order valence-electron chi connectivity index (χ1n) is 10.2. The molecule has 0 radical (unpaired) electrons. The number of rotatable bonds is 7. The summed E-state index contributed by atoms with van der Waals surface area (Å²) in [7, 11) is 2.92. The number of fused-ring (bicyclic) bond motifs is 1. The van der Waals surface area contributed by atoms with Gasteiger partial charge in [0.25, 0.3) is 5.56 Å². The lowest BCUT2D eigenvalue weighted by Crippen LogP contribution is -2.42. The van der Waals surface area contributed by atoms with E-state index in [1.165, 1.54) is 26.4 Å². The minimum absolute atomic E-state index is 0.00581. The van der Waals surface area contributed by atoms with Crippen LogP contribution in [0.15, 0.2) is 21.7 Å². The molecule has 1 aromatic heterocycles. The number of amides is 1. The first-order chi connectivity index (χ1) is 14.9. The lowest BCUT2D eigenvalue weighted by molar-refractivity contribution is -0.151.